The zero-order valence-corrected chi connectivity index (χ0v) is 18.9. The largest absolute Gasteiger partial charge is 0.325 e. The van der Waals surface area contributed by atoms with Crippen LogP contribution in [0.3, 0.4) is 0 Å². The molecule has 4 rings (SSSR count). The second kappa shape index (κ2) is 7.03. The molecule has 0 spiro atoms. The molecule has 1 heterocycles. The molecule has 0 amide bonds. The molecule has 3 aromatic carbocycles. The van der Waals surface area contributed by atoms with Crippen LogP contribution in [0.1, 0.15) is 34.7 Å². The molecule has 0 N–H and O–H groups in total. The lowest BCUT2D eigenvalue weighted by Crippen LogP contribution is -2.38. The number of hydrogen-bond acceptors (Lipinski definition) is 0. The second-order valence-corrected chi connectivity index (χ2v) is 9.34. The molecular formula is C27H33N2+. The number of rotatable bonds is 4. The first-order valence-electron chi connectivity index (χ1n) is 10.6. The molecular weight excluding hydrogens is 352 g/mol. The summed E-state index contributed by atoms with van der Waals surface area (Å²) < 4.78 is 3.45. The van der Waals surface area contributed by atoms with Gasteiger partial charge in [-0.2, -0.15) is 0 Å². The van der Waals surface area contributed by atoms with Crippen LogP contribution >= 0.6 is 0 Å². The SMILES string of the molecule is CC[N+](C)(C)Cc1c(C)cc(-n2c3ccc(C)cc3c3cc(C)ccc32)cc1C. The van der Waals surface area contributed by atoms with Crippen molar-refractivity contribution in [3.05, 3.63) is 76.3 Å². The summed E-state index contributed by atoms with van der Waals surface area (Å²) in [5.41, 5.74) is 10.7. The first-order valence-corrected chi connectivity index (χ1v) is 10.6. The van der Waals surface area contributed by atoms with Gasteiger partial charge in [0, 0.05) is 22.0 Å². The molecule has 2 nitrogen and oxygen atoms in total. The highest BCUT2D eigenvalue weighted by Crippen LogP contribution is 2.34. The first-order chi connectivity index (χ1) is 13.7. The molecule has 4 aromatic rings. The summed E-state index contributed by atoms with van der Waals surface area (Å²) in [5.74, 6) is 0. The summed E-state index contributed by atoms with van der Waals surface area (Å²) in [4.78, 5) is 0. The maximum atomic E-state index is 2.44. The Kier molecular flexibility index (Phi) is 4.78. The van der Waals surface area contributed by atoms with Crippen LogP contribution in [-0.4, -0.2) is 29.7 Å². The van der Waals surface area contributed by atoms with Crippen molar-refractivity contribution in [3.8, 4) is 5.69 Å². The Labute approximate surface area is 175 Å². The molecule has 2 heteroatoms. The maximum absolute atomic E-state index is 2.44. The Morgan fingerprint density at radius 3 is 1.66 bits per heavy atom. The first kappa shape index (κ1) is 19.7. The van der Waals surface area contributed by atoms with E-state index in [9.17, 15) is 0 Å². The number of benzene rings is 3. The predicted octanol–water partition coefficient (Wildman–Crippen LogP) is 6.61. The Morgan fingerprint density at radius 1 is 0.724 bits per heavy atom. The van der Waals surface area contributed by atoms with E-state index in [1.165, 1.54) is 55.3 Å². The molecule has 150 valence electrons. The standard InChI is InChI=1S/C27H33N2/c1-8-29(6,7)17-25-20(4)15-22(16-21(25)5)28-26-11-9-18(2)13-23(26)24-14-19(3)10-12-27(24)28/h9-16H,8,17H2,1-7H3/q+1. The van der Waals surface area contributed by atoms with Crippen molar-refractivity contribution >= 4 is 21.8 Å². The highest BCUT2D eigenvalue weighted by atomic mass is 15.3. The fourth-order valence-corrected chi connectivity index (χ4v) is 4.42. The van der Waals surface area contributed by atoms with Crippen molar-refractivity contribution in [2.75, 3.05) is 20.6 Å². The highest BCUT2D eigenvalue weighted by molar-refractivity contribution is 6.09. The average Bonchev–Trinajstić information content (AvgIpc) is 2.97. The van der Waals surface area contributed by atoms with Gasteiger partial charge in [-0.05, 0) is 82.1 Å². The van der Waals surface area contributed by atoms with Crippen LogP contribution in [-0.2, 0) is 6.54 Å². The van der Waals surface area contributed by atoms with Gasteiger partial charge in [-0.15, -0.1) is 0 Å². The van der Waals surface area contributed by atoms with Crippen molar-refractivity contribution in [1.29, 1.82) is 0 Å². The molecule has 0 aliphatic heterocycles. The lowest BCUT2D eigenvalue weighted by atomic mass is 10.0. The number of aryl methyl sites for hydroxylation is 4. The zero-order chi connectivity index (χ0) is 20.9. The Bertz CT molecular complexity index is 1140. The third kappa shape index (κ3) is 3.47. The van der Waals surface area contributed by atoms with Gasteiger partial charge < -0.3 is 9.05 Å². The second-order valence-electron chi connectivity index (χ2n) is 9.34. The normalized spacial score (nSPS) is 12.2. The van der Waals surface area contributed by atoms with E-state index in [0.717, 1.165) is 17.6 Å². The van der Waals surface area contributed by atoms with E-state index in [2.05, 4.69) is 102 Å². The summed E-state index contributed by atoms with van der Waals surface area (Å²) in [6.45, 7) is 13.4. The van der Waals surface area contributed by atoms with E-state index in [4.69, 9.17) is 0 Å². The predicted molar refractivity (Wildman–Crippen MR) is 126 cm³/mol. The quantitative estimate of drug-likeness (QED) is 0.348. The van der Waals surface area contributed by atoms with Crippen LogP contribution in [0.15, 0.2) is 48.5 Å². The van der Waals surface area contributed by atoms with Gasteiger partial charge in [0.25, 0.3) is 0 Å². The Morgan fingerprint density at radius 2 is 1.21 bits per heavy atom. The van der Waals surface area contributed by atoms with Gasteiger partial charge in [-0.25, -0.2) is 0 Å². The minimum absolute atomic E-state index is 1.01. The molecule has 0 saturated heterocycles. The topological polar surface area (TPSA) is 4.93 Å². The molecule has 29 heavy (non-hydrogen) atoms. The van der Waals surface area contributed by atoms with Gasteiger partial charge in [-0.3, -0.25) is 0 Å². The zero-order valence-electron chi connectivity index (χ0n) is 18.9. The van der Waals surface area contributed by atoms with Gasteiger partial charge in [0.2, 0.25) is 0 Å². The van der Waals surface area contributed by atoms with Crippen molar-refractivity contribution in [1.82, 2.24) is 4.57 Å². The number of quaternary nitrogens is 1. The van der Waals surface area contributed by atoms with Gasteiger partial charge in [0.15, 0.2) is 0 Å². The molecule has 0 fully saturated rings. The highest BCUT2D eigenvalue weighted by Gasteiger charge is 2.19. The molecule has 0 unspecified atom stereocenters. The lowest BCUT2D eigenvalue weighted by Gasteiger charge is -2.30. The molecule has 0 aliphatic carbocycles. The van der Waals surface area contributed by atoms with Crippen LogP contribution in [0.5, 0.6) is 0 Å². The van der Waals surface area contributed by atoms with Crippen molar-refractivity contribution in [2.45, 2.75) is 41.2 Å². The van der Waals surface area contributed by atoms with Crippen LogP contribution in [0.25, 0.3) is 27.5 Å². The molecule has 0 aliphatic rings. The summed E-state index contributed by atoms with van der Waals surface area (Å²) in [7, 11) is 4.62. The monoisotopic (exact) mass is 385 g/mol. The van der Waals surface area contributed by atoms with Gasteiger partial charge >= 0.3 is 0 Å². The Hall–Kier alpha value is -2.58. The van der Waals surface area contributed by atoms with Crippen LogP contribution in [0.4, 0.5) is 0 Å². The van der Waals surface area contributed by atoms with E-state index in [0.29, 0.717) is 0 Å². The van der Waals surface area contributed by atoms with Crippen molar-refractivity contribution in [3.63, 3.8) is 0 Å². The van der Waals surface area contributed by atoms with Gasteiger partial charge in [0.1, 0.15) is 6.54 Å². The number of fused-ring (bicyclic) bond motifs is 3. The van der Waals surface area contributed by atoms with Gasteiger partial charge in [-0.1, -0.05) is 23.3 Å². The Balaban J connectivity index is 1.97. The minimum Gasteiger partial charge on any atom is -0.325 e. The molecule has 0 saturated carbocycles. The third-order valence-corrected chi connectivity index (χ3v) is 6.46. The fraction of sp³-hybridized carbons (Fsp3) is 0.333. The molecule has 0 bridgehead atoms. The summed E-state index contributed by atoms with van der Waals surface area (Å²) in [6.07, 6.45) is 0. The number of aromatic nitrogens is 1. The smallest absolute Gasteiger partial charge is 0.104 e. The van der Waals surface area contributed by atoms with Gasteiger partial charge in [0.05, 0.1) is 31.7 Å². The average molecular weight is 386 g/mol. The summed E-state index contributed by atoms with van der Waals surface area (Å²) >= 11 is 0. The number of nitrogens with zero attached hydrogens (tertiary/aromatic N) is 2. The fourth-order valence-electron chi connectivity index (χ4n) is 4.42. The van der Waals surface area contributed by atoms with Crippen molar-refractivity contribution in [2.24, 2.45) is 0 Å². The lowest BCUT2D eigenvalue weighted by molar-refractivity contribution is -0.901. The van der Waals surface area contributed by atoms with E-state index in [-0.39, 0.29) is 0 Å². The number of hydrogen-bond donors (Lipinski definition) is 0. The summed E-state index contributed by atoms with van der Waals surface area (Å²) in [6, 6.07) is 18.4. The van der Waals surface area contributed by atoms with Crippen molar-refractivity contribution < 1.29 is 4.48 Å². The molecule has 0 atom stereocenters. The van der Waals surface area contributed by atoms with Crippen LogP contribution in [0, 0.1) is 27.7 Å². The van der Waals surface area contributed by atoms with E-state index in [1.807, 2.05) is 0 Å². The van der Waals surface area contributed by atoms with E-state index >= 15 is 0 Å². The third-order valence-electron chi connectivity index (χ3n) is 6.46. The van der Waals surface area contributed by atoms with E-state index < -0.39 is 0 Å². The van der Waals surface area contributed by atoms with Crippen LogP contribution < -0.4 is 0 Å². The van der Waals surface area contributed by atoms with Crippen LogP contribution in [0.2, 0.25) is 0 Å². The molecule has 0 radical (unpaired) electrons. The summed E-state index contributed by atoms with van der Waals surface area (Å²) in [5, 5.41) is 2.68. The van der Waals surface area contributed by atoms with E-state index in [1.54, 1.807) is 0 Å². The maximum Gasteiger partial charge on any atom is 0.104 e. The molecule has 1 aromatic heterocycles. The minimum atomic E-state index is 1.01.